The van der Waals surface area contributed by atoms with E-state index < -0.39 is 24.5 Å². The number of likely N-dealkylation sites (tertiary alicyclic amines) is 1. The zero-order valence-electron chi connectivity index (χ0n) is 19.3. The number of carbonyl (C=O) groups is 4. The van der Waals surface area contributed by atoms with Crippen molar-refractivity contribution in [1.82, 2.24) is 4.90 Å². The first-order valence-electron chi connectivity index (χ1n) is 11.1. The van der Waals surface area contributed by atoms with Gasteiger partial charge in [0.25, 0.3) is 5.91 Å². The van der Waals surface area contributed by atoms with E-state index in [1.165, 1.54) is 16.2 Å². The molecular weight excluding hydrogens is 460 g/mol. The number of carbonyl (C=O) groups excluding carboxylic acids is 4. The molecule has 2 aromatic rings. The second-order valence-electron chi connectivity index (χ2n) is 7.64. The largest absolute Gasteiger partial charge is 0.497 e. The molecule has 182 valence electrons. The summed E-state index contributed by atoms with van der Waals surface area (Å²) in [5.41, 5.74) is 1.60. The van der Waals surface area contributed by atoms with E-state index in [0.717, 1.165) is 24.8 Å². The lowest BCUT2D eigenvalue weighted by atomic mass is 10.0. The molecule has 0 unspecified atom stereocenters. The van der Waals surface area contributed by atoms with Crippen LogP contribution < -0.4 is 10.1 Å². The molecule has 2 amide bonds. The number of thiophene rings is 1. The summed E-state index contributed by atoms with van der Waals surface area (Å²) in [5.74, 6) is -1.22. The van der Waals surface area contributed by atoms with Crippen molar-refractivity contribution in [2.24, 2.45) is 0 Å². The first-order valence-corrected chi connectivity index (χ1v) is 12.0. The van der Waals surface area contributed by atoms with Crippen LogP contribution >= 0.6 is 11.3 Å². The van der Waals surface area contributed by atoms with Gasteiger partial charge in [-0.1, -0.05) is 18.6 Å². The Balaban J connectivity index is 1.66. The minimum Gasteiger partial charge on any atom is -0.497 e. The van der Waals surface area contributed by atoms with Gasteiger partial charge in [0.2, 0.25) is 5.91 Å². The molecule has 0 radical (unpaired) electrons. The Hall–Kier alpha value is -3.40. The molecule has 1 saturated heterocycles. The second-order valence-corrected chi connectivity index (χ2v) is 8.52. The summed E-state index contributed by atoms with van der Waals surface area (Å²) in [4.78, 5) is 50.8. The lowest BCUT2D eigenvalue weighted by Crippen LogP contribution is -2.36. The molecule has 1 N–H and O–H groups in total. The summed E-state index contributed by atoms with van der Waals surface area (Å²) in [5, 5.41) is 4.69. The van der Waals surface area contributed by atoms with Gasteiger partial charge < -0.3 is 24.4 Å². The topological polar surface area (TPSA) is 111 Å². The van der Waals surface area contributed by atoms with Crippen molar-refractivity contribution in [2.75, 3.05) is 38.7 Å². The molecule has 1 aliphatic heterocycles. The monoisotopic (exact) mass is 488 g/mol. The zero-order chi connectivity index (χ0) is 24.5. The van der Waals surface area contributed by atoms with E-state index >= 15 is 0 Å². The number of anilines is 1. The highest BCUT2D eigenvalue weighted by Gasteiger charge is 2.24. The average Bonchev–Trinajstić information content (AvgIpc) is 3.14. The van der Waals surface area contributed by atoms with E-state index in [1.54, 1.807) is 43.7 Å². The molecule has 34 heavy (non-hydrogen) atoms. The van der Waals surface area contributed by atoms with Crippen molar-refractivity contribution < 1.29 is 33.4 Å². The van der Waals surface area contributed by atoms with Gasteiger partial charge in [-0.15, -0.1) is 11.3 Å². The Kier molecular flexibility index (Phi) is 9.03. The predicted molar refractivity (Wildman–Crippen MR) is 127 cm³/mol. The van der Waals surface area contributed by atoms with Crippen molar-refractivity contribution in [2.45, 2.75) is 32.6 Å². The molecule has 10 heteroatoms. The van der Waals surface area contributed by atoms with Crippen molar-refractivity contribution in [3.05, 3.63) is 35.2 Å². The molecule has 0 bridgehead atoms. The number of rotatable bonds is 9. The number of nitrogens with one attached hydrogen (secondary N) is 1. The highest BCUT2D eigenvalue weighted by Crippen LogP contribution is 2.36. The Bertz CT molecular complexity index is 1030. The van der Waals surface area contributed by atoms with Gasteiger partial charge >= 0.3 is 11.9 Å². The summed E-state index contributed by atoms with van der Waals surface area (Å²) in [7, 11) is 1.57. The summed E-state index contributed by atoms with van der Waals surface area (Å²) in [6, 6.07) is 7.16. The van der Waals surface area contributed by atoms with Gasteiger partial charge in [0, 0.05) is 23.9 Å². The third kappa shape index (κ3) is 6.57. The number of hydrogen-bond donors (Lipinski definition) is 1. The molecule has 1 aliphatic rings. The summed E-state index contributed by atoms with van der Waals surface area (Å²) in [6.45, 7) is 1.67. The SMILES string of the molecule is CCOC(=O)c1c(-c2ccc(OC)cc2)csc1NC(=O)COC(=O)CN1CCCCCC1=O. The molecule has 9 nitrogen and oxygen atoms in total. The van der Waals surface area contributed by atoms with Gasteiger partial charge in [0.05, 0.1) is 13.7 Å². The van der Waals surface area contributed by atoms with Crippen LogP contribution in [0, 0.1) is 0 Å². The van der Waals surface area contributed by atoms with Gasteiger partial charge in [0.15, 0.2) is 6.61 Å². The lowest BCUT2D eigenvalue weighted by molar-refractivity contribution is -0.151. The maximum atomic E-state index is 12.7. The van der Waals surface area contributed by atoms with Crippen LogP contribution in [0.3, 0.4) is 0 Å². The fraction of sp³-hybridized carbons (Fsp3) is 0.417. The smallest absolute Gasteiger partial charge is 0.341 e. The maximum Gasteiger partial charge on any atom is 0.341 e. The molecule has 1 aromatic carbocycles. The molecule has 3 rings (SSSR count). The van der Waals surface area contributed by atoms with E-state index in [-0.39, 0.29) is 24.6 Å². The molecule has 1 fully saturated rings. The standard InChI is InChI=1S/C24H28N2O7S/c1-3-32-24(30)22-18(16-8-10-17(31-2)11-9-16)15-34-23(22)25-19(27)14-33-21(29)13-26-12-6-4-5-7-20(26)28/h8-11,15H,3-7,12-14H2,1-2H3,(H,25,27). The molecular formula is C24H28N2O7S. The number of nitrogens with zero attached hydrogens (tertiary/aromatic N) is 1. The predicted octanol–water partition coefficient (Wildman–Crippen LogP) is 3.48. The molecule has 0 spiro atoms. The van der Waals surface area contributed by atoms with Gasteiger partial charge in [-0.3, -0.25) is 14.4 Å². The molecule has 2 heterocycles. The van der Waals surface area contributed by atoms with E-state index in [9.17, 15) is 19.2 Å². The lowest BCUT2D eigenvalue weighted by Gasteiger charge is -2.19. The number of methoxy groups -OCH3 is 1. The molecule has 0 aliphatic carbocycles. The first kappa shape index (κ1) is 25.2. The van der Waals surface area contributed by atoms with Gasteiger partial charge in [-0.05, 0) is 37.5 Å². The van der Waals surface area contributed by atoms with Crippen LogP contribution in [0.5, 0.6) is 5.75 Å². The number of hydrogen-bond acceptors (Lipinski definition) is 8. The van der Waals surface area contributed by atoms with Crippen molar-refractivity contribution in [3.8, 4) is 16.9 Å². The van der Waals surface area contributed by atoms with Crippen LogP contribution in [0.15, 0.2) is 29.6 Å². The van der Waals surface area contributed by atoms with Crippen LogP contribution in [-0.4, -0.2) is 62.1 Å². The van der Waals surface area contributed by atoms with Gasteiger partial charge in [-0.2, -0.15) is 0 Å². The quantitative estimate of drug-likeness (QED) is 0.538. The van der Waals surface area contributed by atoms with Gasteiger partial charge in [-0.25, -0.2) is 4.79 Å². The minimum atomic E-state index is -0.652. The summed E-state index contributed by atoms with van der Waals surface area (Å²) >= 11 is 1.17. The van der Waals surface area contributed by atoms with Crippen LogP contribution in [-0.2, 0) is 23.9 Å². The number of benzene rings is 1. The highest BCUT2D eigenvalue weighted by molar-refractivity contribution is 7.15. The molecule has 0 saturated carbocycles. The van der Waals surface area contributed by atoms with Crippen LogP contribution in [0.1, 0.15) is 43.0 Å². The number of amides is 2. The molecule has 0 atom stereocenters. The van der Waals surface area contributed by atoms with E-state index in [4.69, 9.17) is 14.2 Å². The average molecular weight is 489 g/mol. The number of ether oxygens (including phenoxy) is 3. The Morgan fingerprint density at radius 3 is 2.56 bits per heavy atom. The zero-order valence-corrected chi connectivity index (χ0v) is 20.1. The summed E-state index contributed by atoms with van der Waals surface area (Å²) < 4.78 is 15.4. The Morgan fingerprint density at radius 2 is 1.85 bits per heavy atom. The summed E-state index contributed by atoms with van der Waals surface area (Å²) in [6.07, 6.45) is 3.01. The van der Waals surface area contributed by atoms with Crippen molar-refractivity contribution in [1.29, 1.82) is 0 Å². The van der Waals surface area contributed by atoms with Gasteiger partial charge in [0.1, 0.15) is 22.9 Å². The molecule has 1 aromatic heterocycles. The second kappa shape index (κ2) is 12.2. The van der Waals surface area contributed by atoms with E-state index in [0.29, 0.717) is 29.3 Å². The third-order valence-electron chi connectivity index (χ3n) is 5.28. The fourth-order valence-electron chi connectivity index (χ4n) is 3.55. The van der Waals surface area contributed by atoms with Crippen molar-refractivity contribution >= 4 is 40.1 Å². The Labute approximate surface area is 202 Å². The Morgan fingerprint density at radius 1 is 1.09 bits per heavy atom. The van der Waals surface area contributed by atoms with Crippen LogP contribution in [0.25, 0.3) is 11.1 Å². The van der Waals surface area contributed by atoms with Crippen LogP contribution in [0.4, 0.5) is 5.00 Å². The first-order chi connectivity index (χ1) is 16.4. The normalized spacial score (nSPS) is 13.7. The van der Waals surface area contributed by atoms with Crippen molar-refractivity contribution in [3.63, 3.8) is 0 Å². The van der Waals surface area contributed by atoms with E-state index in [2.05, 4.69) is 5.32 Å². The minimum absolute atomic E-state index is 0.0809. The fourth-order valence-corrected chi connectivity index (χ4v) is 4.53. The maximum absolute atomic E-state index is 12.7. The highest BCUT2D eigenvalue weighted by atomic mass is 32.1. The van der Waals surface area contributed by atoms with E-state index in [1.807, 2.05) is 0 Å². The number of esters is 2. The van der Waals surface area contributed by atoms with Crippen LogP contribution in [0.2, 0.25) is 0 Å². The third-order valence-corrected chi connectivity index (χ3v) is 6.18.